The second kappa shape index (κ2) is 7.10. The molecule has 1 N–H and O–H groups in total. The van der Waals surface area contributed by atoms with E-state index < -0.39 is 6.10 Å². The fourth-order valence-electron chi connectivity index (χ4n) is 2.24. The summed E-state index contributed by atoms with van der Waals surface area (Å²) in [7, 11) is 0. The van der Waals surface area contributed by atoms with Crippen molar-refractivity contribution in [1.29, 1.82) is 0 Å². The molecule has 0 aromatic heterocycles. The van der Waals surface area contributed by atoms with Crippen molar-refractivity contribution in [3.05, 3.63) is 71.3 Å². The second-order valence-electron chi connectivity index (χ2n) is 5.05. The lowest BCUT2D eigenvalue weighted by atomic mass is 9.99. The van der Waals surface area contributed by atoms with Gasteiger partial charge in [-0.15, -0.1) is 0 Å². The van der Waals surface area contributed by atoms with Crippen LogP contribution in [0.5, 0.6) is 0 Å². The van der Waals surface area contributed by atoms with E-state index in [1.165, 1.54) is 24.0 Å². The molecule has 1 nitrogen and oxygen atoms in total. The third kappa shape index (κ3) is 4.22. The predicted molar refractivity (Wildman–Crippen MR) is 80.2 cm³/mol. The number of hydrogen-bond donors (Lipinski definition) is 1. The van der Waals surface area contributed by atoms with Crippen LogP contribution in [0.25, 0.3) is 0 Å². The number of hydrogen-bond acceptors (Lipinski definition) is 1. The van der Waals surface area contributed by atoms with Crippen molar-refractivity contribution in [1.82, 2.24) is 0 Å². The monoisotopic (exact) mass is 254 g/mol. The standard InChI is InChI=1S/C18H22O/c1-2-3-7-15-10-12-17(13-11-15)18(19)14-16-8-5-4-6-9-16/h4-6,8-13,18-19H,2-3,7,14H2,1H3. The van der Waals surface area contributed by atoms with E-state index in [4.69, 9.17) is 0 Å². The van der Waals surface area contributed by atoms with Gasteiger partial charge in [-0.2, -0.15) is 0 Å². The van der Waals surface area contributed by atoms with Crippen molar-refractivity contribution in [3.8, 4) is 0 Å². The van der Waals surface area contributed by atoms with Crippen LogP contribution in [0, 0.1) is 0 Å². The SMILES string of the molecule is CCCCc1ccc(C(O)Cc2ccccc2)cc1. The van der Waals surface area contributed by atoms with Crippen LogP contribution in [0.4, 0.5) is 0 Å². The molecule has 0 amide bonds. The van der Waals surface area contributed by atoms with Gasteiger partial charge < -0.3 is 5.11 Å². The topological polar surface area (TPSA) is 20.2 Å². The number of benzene rings is 2. The molecule has 0 radical (unpaired) electrons. The average molecular weight is 254 g/mol. The van der Waals surface area contributed by atoms with E-state index in [0.29, 0.717) is 6.42 Å². The number of unbranched alkanes of at least 4 members (excludes halogenated alkanes) is 1. The van der Waals surface area contributed by atoms with Gasteiger partial charge in [-0.05, 0) is 29.5 Å². The minimum atomic E-state index is -0.414. The van der Waals surface area contributed by atoms with Crippen molar-refractivity contribution >= 4 is 0 Å². The Morgan fingerprint density at radius 2 is 1.58 bits per heavy atom. The average Bonchev–Trinajstić information content (AvgIpc) is 2.46. The van der Waals surface area contributed by atoms with Gasteiger partial charge in [0, 0.05) is 6.42 Å². The molecule has 0 fully saturated rings. The maximum absolute atomic E-state index is 10.2. The Morgan fingerprint density at radius 1 is 0.895 bits per heavy atom. The van der Waals surface area contributed by atoms with Crippen LogP contribution in [-0.2, 0) is 12.8 Å². The molecule has 0 saturated carbocycles. The molecule has 1 atom stereocenters. The molecule has 0 saturated heterocycles. The van der Waals surface area contributed by atoms with E-state index in [9.17, 15) is 5.11 Å². The summed E-state index contributed by atoms with van der Waals surface area (Å²) in [6.07, 6.45) is 3.84. The fraction of sp³-hybridized carbons (Fsp3) is 0.333. The predicted octanol–water partition coefficient (Wildman–Crippen LogP) is 4.31. The second-order valence-corrected chi connectivity index (χ2v) is 5.05. The third-order valence-corrected chi connectivity index (χ3v) is 3.46. The molecular weight excluding hydrogens is 232 g/mol. The van der Waals surface area contributed by atoms with Crippen molar-refractivity contribution in [2.75, 3.05) is 0 Å². The smallest absolute Gasteiger partial charge is 0.0830 e. The van der Waals surface area contributed by atoms with Gasteiger partial charge in [0.2, 0.25) is 0 Å². The van der Waals surface area contributed by atoms with E-state index in [0.717, 1.165) is 12.0 Å². The molecule has 0 aliphatic rings. The minimum Gasteiger partial charge on any atom is -0.388 e. The van der Waals surface area contributed by atoms with Gasteiger partial charge in [0.15, 0.2) is 0 Å². The molecule has 0 aliphatic heterocycles. The summed E-state index contributed by atoms with van der Waals surface area (Å²) in [6.45, 7) is 2.21. The summed E-state index contributed by atoms with van der Waals surface area (Å²) in [5.74, 6) is 0. The first-order valence-corrected chi connectivity index (χ1v) is 7.10. The number of rotatable bonds is 6. The maximum atomic E-state index is 10.2. The number of aryl methyl sites for hydroxylation is 1. The highest BCUT2D eigenvalue weighted by molar-refractivity contribution is 5.26. The minimum absolute atomic E-state index is 0.414. The molecule has 2 rings (SSSR count). The van der Waals surface area contributed by atoms with Crippen molar-refractivity contribution in [2.45, 2.75) is 38.7 Å². The van der Waals surface area contributed by atoms with Crippen LogP contribution >= 0.6 is 0 Å². The van der Waals surface area contributed by atoms with Crippen molar-refractivity contribution in [2.24, 2.45) is 0 Å². The van der Waals surface area contributed by atoms with Gasteiger partial charge in [0.05, 0.1) is 6.10 Å². The summed E-state index contributed by atoms with van der Waals surface area (Å²) in [6, 6.07) is 18.5. The summed E-state index contributed by atoms with van der Waals surface area (Å²) in [4.78, 5) is 0. The van der Waals surface area contributed by atoms with E-state index in [2.05, 4.69) is 43.3 Å². The van der Waals surface area contributed by atoms with E-state index in [1.54, 1.807) is 0 Å². The highest BCUT2D eigenvalue weighted by Gasteiger charge is 2.08. The largest absolute Gasteiger partial charge is 0.388 e. The summed E-state index contributed by atoms with van der Waals surface area (Å²) in [5, 5.41) is 10.2. The lowest BCUT2D eigenvalue weighted by Gasteiger charge is -2.12. The first-order chi connectivity index (χ1) is 9.29. The third-order valence-electron chi connectivity index (χ3n) is 3.46. The quantitative estimate of drug-likeness (QED) is 0.814. The Kier molecular flexibility index (Phi) is 5.17. The Labute approximate surface area is 115 Å². The highest BCUT2D eigenvalue weighted by atomic mass is 16.3. The Morgan fingerprint density at radius 3 is 2.21 bits per heavy atom. The molecule has 19 heavy (non-hydrogen) atoms. The van der Waals surface area contributed by atoms with E-state index in [-0.39, 0.29) is 0 Å². The first-order valence-electron chi connectivity index (χ1n) is 7.10. The lowest BCUT2D eigenvalue weighted by Crippen LogP contribution is -2.01. The zero-order valence-electron chi connectivity index (χ0n) is 11.5. The molecule has 0 bridgehead atoms. The number of aliphatic hydroxyl groups excluding tert-OH is 1. The van der Waals surface area contributed by atoms with E-state index in [1.807, 2.05) is 18.2 Å². The van der Waals surface area contributed by atoms with Crippen LogP contribution in [0.3, 0.4) is 0 Å². The molecule has 0 aliphatic carbocycles. The first kappa shape index (κ1) is 13.8. The Bertz CT molecular complexity index is 473. The van der Waals surface area contributed by atoms with Crippen LogP contribution in [0.2, 0.25) is 0 Å². The Balaban J connectivity index is 1.97. The summed E-state index contributed by atoms with van der Waals surface area (Å²) in [5.41, 5.74) is 3.53. The molecule has 100 valence electrons. The Hall–Kier alpha value is -1.60. The van der Waals surface area contributed by atoms with Crippen molar-refractivity contribution in [3.63, 3.8) is 0 Å². The molecule has 1 unspecified atom stereocenters. The highest BCUT2D eigenvalue weighted by Crippen LogP contribution is 2.19. The molecule has 2 aromatic rings. The van der Waals surface area contributed by atoms with Gasteiger partial charge in [-0.3, -0.25) is 0 Å². The summed E-state index contributed by atoms with van der Waals surface area (Å²) < 4.78 is 0. The van der Waals surface area contributed by atoms with Crippen molar-refractivity contribution < 1.29 is 5.11 Å². The zero-order chi connectivity index (χ0) is 13.5. The number of aliphatic hydroxyl groups is 1. The van der Waals surface area contributed by atoms with Gasteiger partial charge in [-0.25, -0.2) is 0 Å². The molecule has 0 heterocycles. The van der Waals surface area contributed by atoms with Crippen LogP contribution < -0.4 is 0 Å². The summed E-state index contributed by atoms with van der Waals surface area (Å²) >= 11 is 0. The fourth-order valence-corrected chi connectivity index (χ4v) is 2.24. The molecule has 1 heteroatoms. The van der Waals surface area contributed by atoms with Gasteiger partial charge in [-0.1, -0.05) is 67.9 Å². The van der Waals surface area contributed by atoms with E-state index >= 15 is 0 Å². The maximum Gasteiger partial charge on any atom is 0.0830 e. The normalized spacial score (nSPS) is 12.3. The van der Waals surface area contributed by atoms with Crippen LogP contribution in [-0.4, -0.2) is 5.11 Å². The molecular formula is C18H22O. The van der Waals surface area contributed by atoms with Gasteiger partial charge in [0.1, 0.15) is 0 Å². The van der Waals surface area contributed by atoms with Gasteiger partial charge >= 0.3 is 0 Å². The van der Waals surface area contributed by atoms with Gasteiger partial charge in [0.25, 0.3) is 0 Å². The van der Waals surface area contributed by atoms with Crippen LogP contribution in [0.1, 0.15) is 42.6 Å². The zero-order valence-corrected chi connectivity index (χ0v) is 11.5. The molecule has 2 aromatic carbocycles. The van der Waals surface area contributed by atoms with Crippen LogP contribution in [0.15, 0.2) is 54.6 Å². The molecule has 0 spiro atoms. The lowest BCUT2D eigenvalue weighted by molar-refractivity contribution is 0.178.